The molecule has 0 saturated carbocycles. The van der Waals surface area contributed by atoms with E-state index < -0.39 is 0 Å². The molecule has 3 aromatic rings. The number of nitrogens with zero attached hydrogens (tertiary/aromatic N) is 3. The summed E-state index contributed by atoms with van der Waals surface area (Å²) in [5.74, 6) is 0.227. The number of rotatable bonds is 5. The van der Waals surface area contributed by atoms with E-state index in [0.29, 0.717) is 16.5 Å². The van der Waals surface area contributed by atoms with Crippen molar-refractivity contribution in [3.05, 3.63) is 66.2 Å². The molecule has 0 aliphatic carbocycles. The van der Waals surface area contributed by atoms with Crippen LogP contribution in [0.1, 0.15) is 0 Å². The van der Waals surface area contributed by atoms with Crippen molar-refractivity contribution in [1.29, 1.82) is 0 Å². The van der Waals surface area contributed by atoms with Crippen molar-refractivity contribution >= 4 is 35.0 Å². The molecule has 1 N–H and O–H groups in total. The molecule has 5 nitrogen and oxygen atoms in total. The van der Waals surface area contributed by atoms with E-state index in [1.165, 1.54) is 18.1 Å². The van der Waals surface area contributed by atoms with Gasteiger partial charge < -0.3 is 5.32 Å². The number of nitrogens with one attached hydrogen (secondary N) is 1. The van der Waals surface area contributed by atoms with Gasteiger partial charge in [0.25, 0.3) is 0 Å². The highest BCUT2D eigenvalue weighted by Gasteiger charge is 2.09. The number of benzene rings is 2. The largest absolute Gasteiger partial charge is 0.323 e. The minimum absolute atomic E-state index is 0.0856. The molecule has 0 atom stereocenters. The second-order valence-electron chi connectivity index (χ2n) is 4.65. The first-order valence-electron chi connectivity index (χ1n) is 6.84. The highest BCUT2D eigenvalue weighted by molar-refractivity contribution is 8.00. The SMILES string of the molecule is O=C(CSc1ccc(Cl)cc1)Nc1ccccc1-n1cncn1. The van der Waals surface area contributed by atoms with Gasteiger partial charge in [-0.15, -0.1) is 11.8 Å². The van der Waals surface area contributed by atoms with Gasteiger partial charge in [0.15, 0.2) is 0 Å². The lowest BCUT2D eigenvalue weighted by Gasteiger charge is -2.10. The normalized spacial score (nSPS) is 10.5. The van der Waals surface area contributed by atoms with Crippen LogP contribution in [0.15, 0.2) is 66.1 Å². The Labute approximate surface area is 142 Å². The van der Waals surface area contributed by atoms with Crippen LogP contribution in [0.3, 0.4) is 0 Å². The van der Waals surface area contributed by atoms with E-state index in [4.69, 9.17) is 11.6 Å². The van der Waals surface area contributed by atoms with Crippen LogP contribution < -0.4 is 5.32 Å². The van der Waals surface area contributed by atoms with Gasteiger partial charge in [0.1, 0.15) is 12.7 Å². The predicted molar refractivity (Wildman–Crippen MR) is 92.2 cm³/mol. The maximum atomic E-state index is 12.2. The van der Waals surface area contributed by atoms with Gasteiger partial charge in [-0.1, -0.05) is 23.7 Å². The summed E-state index contributed by atoms with van der Waals surface area (Å²) in [5.41, 5.74) is 1.47. The van der Waals surface area contributed by atoms with Crippen LogP contribution in [0.4, 0.5) is 5.69 Å². The first kappa shape index (κ1) is 15.6. The Bertz CT molecular complexity index is 790. The quantitative estimate of drug-likeness (QED) is 0.718. The zero-order valence-corrected chi connectivity index (χ0v) is 13.6. The lowest BCUT2D eigenvalue weighted by molar-refractivity contribution is -0.113. The van der Waals surface area contributed by atoms with Crippen LogP contribution in [0.2, 0.25) is 5.02 Å². The molecular formula is C16H13ClN4OS. The zero-order chi connectivity index (χ0) is 16.1. The summed E-state index contributed by atoms with van der Waals surface area (Å²) >= 11 is 7.30. The molecule has 116 valence electrons. The number of carbonyl (C=O) groups is 1. The molecule has 0 spiro atoms. The highest BCUT2D eigenvalue weighted by atomic mass is 35.5. The molecule has 0 unspecified atom stereocenters. The van der Waals surface area contributed by atoms with Crippen molar-refractivity contribution < 1.29 is 4.79 Å². The lowest BCUT2D eigenvalue weighted by Crippen LogP contribution is -2.15. The molecule has 0 aliphatic heterocycles. The fourth-order valence-electron chi connectivity index (χ4n) is 1.98. The molecule has 0 fully saturated rings. The van der Waals surface area contributed by atoms with Crippen LogP contribution in [-0.4, -0.2) is 26.4 Å². The number of hydrogen-bond donors (Lipinski definition) is 1. The third-order valence-corrected chi connectivity index (χ3v) is 4.29. The Hall–Kier alpha value is -2.31. The minimum atomic E-state index is -0.0856. The number of thioether (sulfide) groups is 1. The maximum Gasteiger partial charge on any atom is 0.234 e. The summed E-state index contributed by atoms with van der Waals surface area (Å²) in [6.45, 7) is 0. The Morgan fingerprint density at radius 2 is 1.96 bits per heavy atom. The molecule has 0 saturated heterocycles. The molecular weight excluding hydrogens is 332 g/mol. The molecule has 3 rings (SSSR count). The summed E-state index contributed by atoms with van der Waals surface area (Å²) in [6, 6.07) is 14.9. The summed E-state index contributed by atoms with van der Waals surface area (Å²) < 4.78 is 1.61. The molecule has 1 amide bonds. The third-order valence-electron chi connectivity index (χ3n) is 3.03. The van der Waals surface area contributed by atoms with Gasteiger partial charge >= 0.3 is 0 Å². The summed E-state index contributed by atoms with van der Waals surface area (Å²) in [7, 11) is 0. The Morgan fingerprint density at radius 3 is 2.70 bits per heavy atom. The smallest absolute Gasteiger partial charge is 0.234 e. The Morgan fingerprint density at radius 1 is 1.17 bits per heavy atom. The fourth-order valence-corrected chi connectivity index (χ4v) is 2.80. The number of hydrogen-bond acceptors (Lipinski definition) is 4. The van der Waals surface area contributed by atoms with Crippen molar-refractivity contribution in [2.75, 3.05) is 11.1 Å². The van der Waals surface area contributed by atoms with Gasteiger partial charge in [-0.25, -0.2) is 9.67 Å². The Balaban J connectivity index is 1.65. The molecule has 23 heavy (non-hydrogen) atoms. The molecule has 0 aliphatic rings. The molecule has 7 heteroatoms. The van der Waals surface area contributed by atoms with E-state index in [2.05, 4.69) is 15.4 Å². The number of anilines is 1. The van der Waals surface area contributed by atoms with E-state index in [1.54, 1.807) is 11.0 Å². The summed E-state index contributed by atoms with van der Waals surface area (Å²) in [5, 5.41) is 7.68. The average molecular weight is 345 g/mol. The van der Waals surface area contributed by atoms with E-state index in [-0.39, 0.29) is 5.91 Å². The first-order valence-corrected chi connectivity index (χ1v) is 8.21. The molecule has 0 bridgehead atoms. The second-order valence-corrected chi connectivity index (χ2v) is 6.13. The van der Waals surface area contributed by atoms with Gasteiger partial charge in [0.05, 0.1) is 17.1 Å². The molecule has 1 aromatic heterocycles. The monoisotopic (exact) mass is 344 g/mol. The average Bonchev–Trinajstić information content (AvgIpc) is 3.09. The number of halogens is 1. The number of carbonyl (C=O) groups excluding carboxylic acids is 1. The molecule has 0 radical (unpaired) electrons. The summed E-state index contributed by atoms with van der Waals surface area (Å²) in [6.07, 6.45) is 3.04. The van der Waals surface area contributed by atoms with E-state index in [0.717, 1.165) is 10.6 Å². The number of para-hydroxylation sites is 2. The van der Waals surface area contributed by atoms with Crippen LogP contribution >= 0.6 is 23.4 Å². The zero-order valence-electron chi connectivity index (χ0n) is 12.0. The van der Waals surface area contributed by atoms with Crippen LogP contribution in [0.25, 0.3) is 5.69 Å². The maximum absolute atomic E-state index is 12.2. The van der Waals surface area contributed by atoms with E-state index in [1.807, 2.05) is 48.5 Å². The number of amides is 1. The molecule has 1 heterocycles. The van der Waals surface area contributed by atoms with Crippen molar-refractivity contribution in [2.45, 2.75) is 4.90 Å². The van der Waals surface area contributed by atoms with Gasteiger partial charge in [-0.3, -0.25) is 4.79 Å². The second kappa shape index (κ2) is 7.30. The highest BCUT2D eigenvalue weighted by Crippen LogP contribution is 2.22. The third kappa shape index (κ3) is 4.12. The van der Waals surface area contributed by atoms with Crippen LogP contribution in [-0.2, 0) is 4.79 Å². The van der Waals surface area contributed by atoms with Gasteiger partial charge in [-0.05, 0) is 36.4 Å². The van der Waals surface area contributed by atoms with Crippen molar-refractivity contribution in [3.8, 4) is 5.69 Å². The van der Waals surface area contributed by atoms with Gasteiger partial charge in [0.2, 0.25) is 5.91 Å². The number of aromatic nitrogens is 3. The standard InChI is InChI=1S/C16H13ClN4OS/c17-12-5-7-13(8-6-12)23-9-16(22)20-14-3-1-2-4-15(14)21-11-18-10-19-21/h1-8,10-11H,9H2,(H,20,22). The lowest BCUT2D eigenvalue weighted by atomic mass is 10.2. The van der Waals surface area contributed by atoms with Crippen molar-refractivity contribution in [3.63, 3.8) is 0 Å². The minimum Gasteiger partial charge on any atom is -0.323 e. The Kier molecular flexibility index (Phi) is 4.95. The van der Waals surface area contributed by atoms with Gasteiger partial charge in [-0.2, -0.15) is 5.10 Å². The predicted octanol–water partition coefficient (Wildman–Crippen LogP) is 3.65. The van der Waals surface area contributed by atoms with Crippen molar-refractivity contribution in [2.24, 2.45) is 0 Å². The van der Waals surface area contributed by atoms with Gasteiger partial charge in [0, 0.05) is 9.92 Å². The topological polar surface area (TPSA) is 59.8 Å². The van der Waals surface area contributed by atoms with E-state index >= 15 is 0 Å². The van der Waals surface area contributed by atoms with Crippen LogP contribution in [0, 0.1) is 0 Å². The van der Waals surface area contributed by atoms with E-state index in [9.17, 15) is 4.79 Å². The van der Waals surface area contributed by atoms with Crippen molar-refractivity contribution in [1.82, 2.24) is 14.8 Å². The molecule has 2 aromatic carbocycles. The fraction of sp³-hybridized carbons (Fsp3) is 0.0625. The first-order chi connectivity index (χ1) is 11.2. The van der Waals surface area contributed by atoms with Crippen LogP contribution in [0.5, 0.6) is 0 Å². The summed E-state index contributed by atoms with van der Waals surface area (Å²) in [4.78, 5) is 17.1.